The number of aromatic nitrogens is 2. The van der Waals surface area contributed by atoms with Crippen LogP contribution in [-0.2, 0) is 9.73 Å². The first-order valence-corrected chi connectivity index (χ1v) is 11.3. The Morgan fingerprint density at radius 2 is 1.97 bits per heavy atom. The molecule has 2 aromatic carbocycles. The van der Waals surface area contributed by atoms with Gasteiger partial charge in [-0.05, 0) is 39.0 Å². The van der Waals surface area contributed by atoms with Crippen LogP contribution >= 0.6 is 0 Å². The quantitative estimate of drug-likeness (QED) is 0.585. The highest BCUT2D eigenvalue weighted by Crippen LogP contribution is 2.41. The minimum atomic E-state index is -2.42. The minimum absolute atomic E-state index is 0.132. The fourth-order valence-electron chi connectivity index (χ4n) is 2.90. The molecule has 0 aliphatic carbocycles. The van der Waals surface area contributed by atoms with Gasteiger partial charge >= 0.3 is 0 Å². The molecule has 3 aromatic rings. The van der Waals surface area contributed by atoms with Crippen LogP contribution in [0.5, 0.6) is 11.5 Å². The van der Waals surface area contributed by atoms with Crippen LogP contribution in [0.4, 0.5) is 21.6 Å². The molecular formula is C20H23FN4O3S. The van der Waals surface area contributed by atoms with Crippen LogP contribution in [0.15, 0.2) is 35.0 Å². The molecule has 154 valence electrons. The number of rotatable bonds is 5. The molecule has 0 saturated carbocycles. The van der Waals surface area contributed by atoms with Crippen molar-refractivity contribution in [2.24, 2.45) is 4.36 Å². The SMILES string of the molecule is Cc1c(OC(C)C)c(N=S(C)(C)=O)cc2ncnc(Nc3ccc(F)cc3O)c12. The topological polar surface area (TPSA) is 96.7 Å². The zero-order chi connectivity index (χ0) is 21.3. The van der Waals surface area contributed by atoms with Crippen molar-refractivity contribution in [3.8, 4) is 11.5 Å². The van der Waals surface area contributed by atoms with Crippen molar-refractivity contribution in [1.82, 2.24) is 9.97 Å². The number of hydrogen-bond donors (Lipinski definition) is 2. The fourth-order valence-corrected chi connectivity index (χ4v) is 3.51. The lowest BCUT2D eigenvalue weighted by Crippen LogP contribution is -2.08. The van der Waals surface area contributed by atoms with E-state index >= 15 is 0 Å². The average molecular weight is 418 g/mol. The zero-order valence-corrected chi connectivity index (χ0v) is 17.7. The van der Waals surface area contributed by atoms with Crippen LogP contribution in [0, 0.1) is 12.7 Å². The number of ether oxygens (including phenoxy) is 1. The molecule has 0 radical (unpaired) electrons. The first-order chi connectivity index (χ1) is 13.5. The monoisotopic (exact) mass is 418 g/mol. The summed E-state index contributed by atoms with van der Waals surface area (Å²) in [7, 11) is -2.42. The van der Waals surface area contributed by atoms with Crippen molar-refractivity contribution in [3.63, 3.8) is 0 Å². The molecule has 0 atom stereocenters. The number of aryl methyl sites for hydroxylation is 1. The third kappa shape index (κ3) is 4.73. The second-order valence-corrected chi connectivity index (χ2v) is 9.74. The standard InChI is InChI=1S/C20H23FN4O3S/c1-11(2)28-19-12(3)18-15(9-16(19)25-29(4,5)27)22-10-23-20(18)24-14-7-6-13(21)8-17(14)26/h6-11,26H,1-5H3,(H,22,23,24). The Hall–Kier alpha value is -2.94. The summed E-state index contributed by atoms with van der Waals surface area (Å²) >= 11 is 0. The summed E-state index contributed by atoms with van der Waals surface area (Å²) in [5.41, 5.74) is 2.03. The second-order valence-electron chi connectivity index (χ2n) is 7.19. The maximum absolute atomic E-state index is 13.3. The Morgan fingerprint density at radius 1 is 1.24 bits per heavy atom. The number of phenols is 1. The molecule has 0 amide bonds. The van der Waals surface area contributed by atoms with Crippen LogP contribution in [0.2, 0.25) is 0 Å². The molecular weight excluding hydrogens is 395 g/mol. The van der Waals surface area contributed by atoms with Gasteiger partial charge in [0.1, 0.15) is 35.1 Å². The Labute approximate surface area is 169 Å². The van der Waals surface area contributed by atoms with E-state index in [4.69, 9.17) is 4.74 Å². The van der Waals surface area contributed by atoms with Gasteiger partial charge in [0.05, 0.1) is 17.3 Å². The number of nitrogens with one attached hydrogen (secondary N) is 1. The van der Waals surface area contributed by atoms with E-state index in [0.717, 1.165) is 6.07 Å². The Kier molecular flexibility index (Phi) is 5.61. The number of aromatic hydroxyl groups is 1. The molecule has 1 aromatic heterocycles. The average Bonchev–Trinajstić information content (AvgIpc) is 2.59. The number of hydrogen-bond acceptors (Lipinski definition) is 7. The lowest BCUT2D eigenvalue weighted by atomic mass is 10.1. The molecule has 1 heterocycles. The first kappa shape index (κ1) is 20.8. The van der Waals surface area contributed by atoms with E-state index in [0.29, 0.717) is 39.4 Å². The first-order valence-electron chi connectivity index (χ1n) is 8.93. The van der Waals surface area contributed by atoms with Crippen molar-refractivity contribution in [1.29, 1.82) is 0 Å². The van der Waals surface area contributed by atoms with E-state index in [9.17, 15) is 13.7 Å². The third-order valence-electron chi connectivity index (χ3n) is 3.98. The number of halogens is 1. The molecule has 2 N–H and O–H groups in total. The third-order valence-corrected chi connectivity index (χ3v) is 4.62. The van der Waals surface area contributed by atoms with Gasteiger partial charge in [-0.25, -0.2) is 18.6 Å². The van der Waals surface area contributed by atoms with E-state index in [1.165, 1.54) is 18.5 Å². The minimum Gasteiger partial charge on any atom is -0.506 e. The van der Waals surface area contributed by atoms with Crippen LogP contribution in [0.3, 0.4) is 0 Å². The van der Waals surface area contributed by atoms with Crippen LogP contribution in [0.25, 0.3) is 10.9 Å². The van der Waals surface area contributed by atoms with Crippen molar-refractivity contribution in [2.45, 2.75) is 26.9 Å². The largest absolute Gasteiger partial charge is 0.506 e. The van der Waals surface area contributed by atoms with Gasteiger partial charge in [-0.3, -0.25) is 0 Å². The zero-order valence-electron chi connectivity index (χ0n) is 16.9. The summed E-state index contributed by atoms with van der Waals surface area (Å²) in [5.74, 6) is 0.128. The van der Waals surface area contributed by atoms with Crippen LogP contribution in [0.1, 0.15) is 19.4 Å². The summed E-state index contributed by atoms with van der Waals surface area (Å²) in [6.07, 6.45) is 4.34. The number of phenolic OH excluding ortho intramolecular Hbond substituents is 1. The van der Waals surface area contributed by atoms with Crippen molar-refractivity contribution < 1.29 is 18.4 Å². The van der Waals surface area contributed by atoms with E-state index in [1.54, 1.807) is 18.6 Å². The number of nitrogens with zero attached hydrogens (tertiary/aromatic N) is 3. The normalized spacial score (nSPS) is 11.7. The summed E-state index contributed by atoms with van der Waals surface area (Å²) in [6.45, 7) is 5.62. The van der Waals surface area contributed by atoms with Gasteiger partial charge in [0.15, 0.2) is 0 Å². The molecule has 0 bridgehead atoms. The molecule has 0 saturated heterocycles. The van der Waals surface area contributed by atoms with Crippen molar-refractivity contribution in [2.75, 3.05) is 17.8 Å². The van der Waals surface area contributed by atoms with Crippen LogP contribution < -0.4 is 10.1 Å². The number of anilines is 2. The highest BCUT2D eigenvalue weighted by Gasteiger charge is 2.18. The molecule has 0 spiro atoms. The summed E-state index contributed by atoms with van der Waals surface area (Å²) in [4.78, 5) is 8.59. The molecule has 0 aliphatic heterocycles. The van der Waals surface area contributed by atoms with E-state index in [-0.39, 0.29) is 11.9 Å². The maximum Gasteiger partial charge on any atom is 0.149 e. The fraction of sp³-hybridized carbons (Fsp3) is 0.300. The van der Waals surface area contributed by atoms with E-state index in [1.807, 2.05) is 20.8 Å². The lowest BCUT2D eigenvalue weighted by molar-refractivity contribution is 0.242. The smallest absolute Gasteiger partial charge is 0.149 e. The molecule has 7 nitrogen and oxygen atoms in total. The van der Waals surface area contributed by atoms with E-state index in [2.05, 4.69) is 19.6 Å². The van der Waals surface area contributed by atoms with Gasteiger partial charge in [0.25, 0.3) is 0 Å². The number of fused-ring (bicyclic) bond motifs is 1. The Balaban J connectivity index is 2.25. The van der Waals surface area contributed by atoms with Gasteiger partial charge in [0, 0.05) is 39.3 Å². The van der Waals surface area contributed by atoms with Gasteiger partial charge in [-0.2, -0.15) is 4.36 Å². The van der Waals surface area contributed by atoms with Crippen LogP contribution in [-0.4, -0.2) is 37.9 Å². The van der Waals surface area contributed by atoms with Gasteiger partial charge < -0.3 is 15.2 Å². The molecule has 3 rings (SSSR count). The predicted octanol–water partition coefficient (Wildman–Crippen LogP) is 4.67. The Bertz CT molecular complexity index is 1200. The lowest BCUT2D eigenvalue weighted by Gasteiger charge is -2.18. The van der Waals surface area contributed by atoms with Crippen molar-refractivity contribution in [3.05, 3.63) is 42.0 Å². The molecule has 9 heteroatoms. The summed E-state index contributed by atoms with van der Waals surface area (Å²) in [5, 5.41) is 13.7. The van der Waals surface area contributed by atoms with Crippen molar-refractivity contribution >= 4 is 37.8 Å². The maximum atomic E-state index is 13.3. The molecule has 0 fully saturated rings. The van der Waals surface area contributed by atoms with Gasteiger partial charge in [-0.15, -0.1) is 0 Å². The highest BCUT2D eigenvalue weighted by molar-refractivity contribution is 7.92. The van der Waals surface area contributed by atoms with Gasteiger partial charge in [0.2, 0.25) is 0 Å². The summed E-state index contributed by atoms with van der Waals surface area (Å²) in [6, 6.07) is 5.38. The van der Waals surface area contributed by atoms with Gasteiger partial charge in [-0.1, -0.05) is 0 Å². The number of benzene rings is 2. The molecule has 29 heavy (non-hydrogen) atoms. The highest BCUT2D eigenvalue weighted by atomic mass is 32.2. The Morgan fingerprint density at radius 3 is 2.59 bits per heavy atom. The molecule has 0 unspecified atom stereocenters. The predicted molar refractivity (Wildman–Crippen MR) is 113 cm³/mol. The summed E-state index contributed by atoms with van der Waals surface area (Å²) < 4.78 is 35.9. The molecule has 0 aliphatic rings. The second kappa shape index (κ2) is 7.82. The van der Waals surface area contributed by atoms with E-state index < -0.39 is 15.5 Å².